The maximum atomic E-state index is 12.4. The van der Waals surface area contributed by atoms with Gasteiger partial charge < -0.3 is 14.8 Å². The number of carbonyl (C=O) groups excluding carboxylic acids is 3. The van der Waals surface area contributed by atoms with Gasteiger partial charge >= 0.3 is 12.0 Å². The highest BCUT2D eigenvalue weighted by molar-refractivity contribution is 8.00. The average Bonchev–Trinajstić information content (AvgIpc) is 2.71. The molecule has 0 radical (unpaired) electrons. The molecule has 0 aliphatic rings. The molecule has 0 spiro atoms. The van der Waals surface area contributed by atoms with Gasteiger partial charge in [0.1, 0.15) is 5.75 Å². The summed E-state index contributed by atoms with van der Waals surface area (Å²) in [6.45, 7) is 2.10. The third kappa shape index (κ3) is 6.62. The van der Waals surface area contributed by atoms with Crippen LogP contribution in [0.5, 0.6) is 5.75 Å². The molecule has 148 valence electrons. The minimum Gasteiger partial charge on any atom is -0.497 e. The van der Waals surface area contributed by atoms with E-state index in [1.165, 1.54) is 11.8 Å². The van der Waals surface area contributed by atoms with E-state index in [4.69, 9.17) is 9.47 Å². The van der Waals surface area contributed by atoms with E-state index in [-0.39, 0.29) is 5.75 Å². The van der Waals surface area contributed by atoms with E-state index in [1.54, 1.807) is 56.5 Å². The second-order valence-electron chi connectivity index (χ2n) is 5.59. The summed E-state index contributed by atoms with van der Waals surface area (Å²) in [5.41, 5.74) is 0.479. The molecule has 2 aromatic rings. The molecule has 3 amide bonds. The Morgan fingerprint density at radius 3 is 2.32 bits per heavy atom. The van der Waals surface area contributed by atoms with Gasteiger partial charge in [-0.1, -0.05) is 30.3 Å². The molecule has 0 saturated heterocycles. The van der Waals surface area contributed by atoms with Gasteiger partial charge in [-0.2, -0.15) is 0 Å². The predicted octanol–water partition coefficient (Wildman–Crippen LogP) is 2.92. The molecule has 0 fully saturated rings. The highest BCUT2D eigenvalue weighted by Gasteiger charge is 2.26. The molecule has 8 heteroatoms. The third-order valence-corrected chi connectivity index (χ3v) is 4.57. The van der Waals surface area contributed by atoms with Crippen molar-refractivity contribution in [2.24, 2.45) is 0 Å². The van der Waals surface area contributed by atoms with Crippen molar-refractivity contribution in [2.75, 3.05) is 19.4 Å². The molecule has 2 aromatic carbocycles. The molecule has 0 unspecified atom stereocenters. The monoisotopic (exact) mass is 402 g/mol. The Balaban J connectivity index is 2.01. The number of rotatable bonds is 8. The Bertz CT molecular complexity index is 796. The molecule has 0 heterocycles. The molecule has 0 aromatic heterocycles. The van der Waals surface area contributed by atoms with Gasteiger partial charge in [-0.3, -0.25) is 14.9 Å². The molecular weight excluding hydrogens is 380 g/mol. The Kier molecular flexibility index (Phi) is 8.36. The number of ether oxygens (including phenoxy) is 2. The van der Waals surface area contributed by atoms with Crippen LogP contribution >= 0.6 is 11.8 Å². The van der Waals surface area contributed by atoms with Crippen molar-refractivity contribution in [2.45, 2.75) is 17.9 Å². The molecule has 2 N–H and O–H groups in total. The van der Waals surface area contributed by atoms with Gasteiger partial charge in [0.05, 0.1) is 12.9 Å². The molecule has 7 nitrogen and oxygen atoms in total. The molecular formula is C20H22N2O5S. The summed E-state index contributed by atoms with van der Waals surface area (Å²) in [7, 11) is 1.58. The van der Waals surface area contributed by atoms with Gasteiger partial charge in [0.25, 0.3) is 5.91 Å². The lowest BCUT2D eigenvalue weighted by molar-refractivity contribution is -0.153. The normalized spacial score (nSPS) is 11.2. The number of hydrogen-bond acceptors (Lipinski definition) is 6. The van der Waals surface area contributed by atoms with Crippen LogP contribution in [0.4, 0.5) is 4.79 Å². The number of urea groups is 1. The molecule has 0 saturated carbocycles. The smallest absolute Gasteiger partial charge is 0.321 e. The third-order valence-electron chi connectivity index (χ3n) is 3.58. The first kappa shape index (κ1) is 21.3. The summed E-state index contributed by atoms with van der Waals surface area (Å²) in [4.78, 5) is 37.2. The lowest BCUT2D eigenvalue weighted by atomic mass is 10.1. The van der Waals surface area contributed by atoms with Gasteiger partial charge in [-0.05, 0) is 31.2 Å². The number of imide groups is 1. The van der Waals surface area contributed by atoms with Crippen molar-refractivity contribution in [3.8, 4) is 5.75 Å². The van der Waals surface area contributed by atoms with Crippen LogP contribution in [0.2, 0.25) is 0 Å². The summed E-state index contributed by atoms with van der Waals surface area (Å²) in [5.74, 6) is -0.539. The van der Waals surface area contributed by atoms with Gasteiger partial charge in [0.2, 0.25) is 6.10 Å². The van der Waals surface area contributed by atoms with E-state index < -0.39 is 24.0 Å². The van der Waals surface area contributed by atoms with Crippen LogP contribution < -0.4 is 15.4 Å². The van der Waals surface area contributed by atoms with E-state index >= 15 is 0 Å². The van der Waals surface area contributed by atoms with Crippen molar-refractivity contribution in [1.29, 1.82) is 0 Å². The fraction of sp³-hybridized carbons (Fsp3) is 0.250. The Hall–Kier alpha value is -3.00. The lowest BCUT2D eigenvalue weighted by Crippen LogP contribution is -2.42. The summed E-state index contributed by atoms with van der Waals surface area (Å²) in [6, 6.07) is 15.1. The summed E-state index contributed by atoms with van der Waals surface area (Å²) in [5, 5.41) is 4.65. The Morgan fingerprint density at radius 2 is 1.71 bits per heavy atom. The average molecular weight is 402 g/mol. The summed E-state index contributed by atoms with van der Waals surface area (Å²) >= 11 is 1.28. The number of hydrogen-bond donors (Lipinski definition) is 2. The van der Waals surface area contributed by atoms with Crippen LogP contribution in [0, 0.1) is 0 Å². The minimum absolute atomic E-state index is 0.0180. The van der Waals surface area contributed by atoms with Crippen LogP contribution in [-0.4, -0.2) is 37.3 Å². The number of methoxy groups -OCH3 is 1. The van der Waals surface area contributed by atoms with Crippen molar-refractivity contribution in [3.63, 3.8) is 0 Å². The lowest BCUT2D eigenvalue weighted by Gasteiger charge is -2.17. The van der Waals surface area contributed by atoms with Crippen LogP contribution in [0.3, 0.4) is 0 Å². The van der Waals surface area contributed by atoms with E-state index in [0.29, 0.717) is 12.1 Å². The van der Waals surface area contributed by atoms with Crippen molar-refractivity contribution in [3.05, 3.63) is 60.2 Å². The number of esters is 1. The van der Waals surface area contributed by atoms with Gasteiger partial charge in [0.15, 0.2) is 0 Å². The van der Waals surface area contributed by atoms with Crippen molar-refractivity contribution >= 4 is 29.7 Å². The molecule has 28 heavy (non-hydrogen) atoms. The number of benzene rings is 2. The molecule has 0 bridgehead atoms. The van der Waals surface area contributed by atoms with Crippen molar-refractivity contribution < 1.29 is 23.9 Å². The van der Waals surface area contributed by atoms with E-state index in [1.807, 2.05) is 12.1 Å². The van der Waals surface area contributed by atoms with E-state index in [9.17, 15) is 14.4 Å². The largest absolute Gasteiger partial charge is 0.497 e. The highest BCUT2D eigenvalue weighted by atomic mass is 32.2. The first-order valence-corrected chi connectivity index (χ1v) is 9.62. The highest BCUT2D eigenvalue weighted by Crippen LogP contribution is 2.23. The SMILES string of the molecule is CCNC(=O)NC(=O)[C@@H](OC(=O)CSc1ccc(OC)cc1)c1ccccc1. The Morgan fingerprint density at radius 1 is 1.04 bits per heavy atom. The maximum Gasteiger partial charge on any atom is 0.321 e. The van der Waals surface area contributed by atoms with Gasteiger partial charge in [-0.25, -0.2) is 4.79 Å². The quantitative estimate of drug-likeness (QED) is 0.521. The molecule has 1 atom stereocenters. The Labute approximate surface area is 167 Å². The van der Waals surface area contributed by atoms with Crippen LogP contribution in [-0.2, 0) is 14.3 Å². The topological polar surface area (TPSA) is 93.7 Å². The zero-order chi connectivity index (χ0) is 20.4. The second-order valence-corrected chi connectivity index (χ2v) is 6.64. The van der Waals surface area contributed by atoms with E-state index in [2.05, 4.69) is 10.6 Å². The predicted molar refractivity (Wildman–Crippen MR) is 106 cm³/mol. The zero-order valence-corrected chi connectivity index (χ0v) is 16.5. The number of carbonyl (C=O) groups is 3. The number of thioether (sulfide) groups is 1. The minimum atomic E-state index is -1.22. The van der Waals surface area contributed by atoms with Gasteiger partial charge in [-0.15, -0.1) is 11.8 Å². The number of amides is 3. The van der Waals surface area contributed by atoms with Crippen LogP contribution in [0.1, 0.15) is 18.6 Å². The number of nitrogens with one attached hydrogen (secondary N) is 2. The van der Waals surface area contributed by atoms with Gasteiger partial charge in [0, 0.05) is 17.0 Å². The molecule has 0 aliphatic carbocycles. The maximum absolute atomic E-state index is 12.4. The first-order chi connectivity index (χ1) is 13.5. The second kappa shape index (κ2) is 11.0. The fourth-order valence-electron chi connectivity index (χ4n) is 2.26. The van der Waals surface area contributed by atoms with Crippen molar-refractivity contribution in [1.82, 2.24) is 10.6 Å². The fourth-order valence-corrected chi connectivity index (χ4v) is 2.94. The summed E-state index contributed by atoms with van der Waals surface area (Å²) in [6.07, 6.45) is -1.22. The first-order valence-electron chi connectivity index (χ1n) is 8.63. The molecule has 0 aliphatic heterocycles. The van der Waals surface area contributed by atoms with Crippen LogP contribution in [0.15, 0.2) is 59.5 Å². The summed E-state index contributed by atoms with van der Waals surface area (Å²) < 4.78 is 10.5. The standard InChI is InChI=1S/C20H22N2O5S/c1-3-21-20(25)22-19(24)18(14-7-5-4-6-8-14)27-17(23)13-28-16-11-9-15(26-2)10-12-16/h4-12,18H,3,13H2,1-2H3,(H2,21,22,24,25)/t18-/m0/s1. The van der Waals surface area contributed by atoms with Crippen LogP contribution in [0.25, 0.3) is 0 Å². The molecule has 2 rings (SSSR count). The zero-order valence-electron chi connectivity index (χ0n) is 15.6. The van der Waals surface area contributed by atoms with E-state index in [0.717, 1.165) is 10.6 Å².